The number of hydrogen-bond acceptors (Lipinski definition) is 3. The van der Waals surface area contributed by atoms with Gasteiger partial charge < -0.3 is 0 Å². The molecular weight excluding hydrogens is 258 g/mol. The molecule has 0 saturated carbocycles. The third kappa shape index (κ3) is 4.26. The maximum absolute atomic E-state index is 10.4. The molecule has 3 nitrogen and oxygen atoms in total. The first-order valence-electron chi connectivity index (χ1n) is 5.83. The van der Waals surface area contributed by atoms with Gasteiger partial charge in [-0.25, -0.2) is 0 Å². The first-order chi connectivity index (χ1) is 9.25. The predicted molar refractivity (Wildman–Crippen MR) is 78.5 cm³/mol. The zero-order valence-corrected chi connectivity index (χ0v) is 11.0. The number of thioether (sulfide) groups is 1. The first kappa shape index (κ1) is 13.4. The average Bonchev–Trinajstić information content (AvgIpc) is 2.45. The van der Waals surface area contributed by atoms with Gasteiger partial charge in [-0.2, -0.15) is 0 Å². The van der Waals surface area contributed by atoms with Gasteiger partial charge in [0.1, 0.15) is 0 Å². The molecule has 0 atom stereocenters. The Balaban J connectivity index is 2.10. The number of nitro groups is 1. The molecule has 0 N–H and O–H groups in total. The second-order valence-corrected chi connectivity index (χ2v) is 4.93. The fourth-order valence-electron chi connectivity index (χ4n) is 1.63. The van der Waals surface area contributed by atoms with Crippen LogP contribution < -0.4 is 0 Å². The smallest absolute Gasteiger partial charge is 0.235 e. The third-order valence-electron chi connectivity index (χ3n) is 2.53. The van der Waals surface area contributed by atoms with E-state index >= 15 is 0 Å². The van der Waals surface area contributed by atoms with Crippen molar-refractivity contribution in [3.05, 3.63) is 82.0 Å². The highest BCUT2D eigenvalue weighted by Crippen LogP contribution is 2.27. The molecule has 2 aromatic carbocycles. The van der Waals surface area contributed by atoms with Gasteiger partial charge >= 0.3 is 0 Å². The van der Waals surface area contributed by atoms with Crippen LogP contribution in [0.2, 0.25) is 0 Å². The van der Waals surface area contributed by atoms with E-state index in [-0.39, 0.29) is 0 Å². The highest BCUT2D eigenvalue weighted by molar-refractivity contribution is 7.98. The quantitative estimate of drug-likeness (QED) is 0.464. The minimum atomic E-state index is -0.446. The Kier molecular flexibility index (Phi) is 4.75. The van der Waals surface area contributed by atoms with Gasteiger partial charge in [-0.1, -0.05) is 48.5 Å². The lowest BCUT2D eigenvalue weighted by atomic mass is 10.2. The van der Waals surface area contributed by atoms with Crippen LogP contribution in [0.25, 0.3) is 6.08 Å². The van der Waals surface area contributed by atoms with E-state index in [1.807, 2.05) is 42.5 Å². The minimum Gasteiger partial charge on any atom is -0.259 e. The van der Waals surface area contributed by atoms with Crippen molar-refractivity contribution in [3.63, 3.8) is 0 Å². The summed E-state index contributed by atoms with van der Waals surface area (Å²) in [6.45, 7) is 0. The van der Waals surface area contributed by atoms with Crippen molar-refractivity contribution in [3.8, 4) is 0 Å². The van der Waals surface area contributed by atoms with Crippen LogP contribution in [0.4, 0.5) is 0 Å². The lowest BCUT2D eigenvalue weighted by Gasteiger charge is -2.05. The molecule has 0 saturated heterocycles. The number of rotatable bonds is 5. The van der Waals surface area contributed by atoms with Crippen molar-refractivity contribution in [2.45, 2.75) is 10.6 Å². The van der Waals surface area contributed by atoms with Gasteiger partial charge in [0.15, 0.2) is 0 Å². The van der Waals surface area contributed by atoms with Gasteiger partial charge in [0, 0.05) is 16.7 Å². The minimum absolute atomic E-state index is 0.446. The summed E-state index contributed by atoms with van der Waals surface area (Å²) < 4.78 is 0. The second kappa shape index (κ2) is 6.75. The van der Waals surface area contributed by atoms with Crippen molar-refractivity contribution in [1.82, 2.24) is 0 Å². The summed E-state index contributed by atoms with van der Waals surface area (Å²) in [5, 5.41) is 10.4. The van der Waals surface area contributed by atoms with E-state index in [1.54, 1.807) is 11.8 Å². The van der Waals surface area contributed by atoms with Gasteiger partial charge in [0.25, 0.3) is 0 Å². The van der Waals surface area contributed by atoms with Crippen LogP contribution in [0.1, 0.15) is 11.1 Å². The molecule has 0 spiro atoms. The number of benzene rings is 2. The van der Waals surface area contributed by atoms with E-state index in [4.69, 9.17) is 0 Å². The lowest BCUT2D eigenvalue weighted by Crippen LogP contribution is -1.85. The Bertz CT molecular complexity index is 582. The zero-order chi connectivity index (χ0) is 13.5. The Morgan fingerprint density at radius 2 is 1.74 bits per heavy atom. The van der Waals surface area contributed by atoms with E-state index in [2.05, 4.69) is 12.1 Å². The molecule has 2 rings (SSSR count). The molecule has 0 aliphatic carbocycles. The predicted octanol–water partition coefficient (Wildman–Crippen LogP) is 4.23. The summed E-state index contributed by atoms with van der Waals surface area (Å²) in [6, 6.07) is 17.8. The summed E-state index contributed by atoms with van der Waals surface area (Å²) in [4.78, 5) is 11.0. The highest BCUT2D eigenvalue weighted by Gasteiger charge is 2.01. The molecule has 0 heterocycles. The molecular formula is C15H13NO2S. The van der Waals surface area contributed by atoms with E-state index in [9.17, 15) is 10.1 Å². The second-order valence-electron chi connectivity index (χ2n) is 3.91. The Morgan fingerprint density at radius 3 is 2.47 bits per heavy atom. The number of nitrogens with zero attached hydrogens (tertiary/aromatic N) is 1. The van der Waals surface area contributed by atoms with Gasteiger partial charge in [-0.05, 0) is 17.2 Å². The van der Waals surface area contributed by atoms with Crippen LogP contribution in [0.15, 0.2) is 65.7 Å². The Hall–Kier alpha value is -2.07. The molecule has 19 heavy (non-hydrogen) atoms. The molecule has 96 valence electrons. The van der Waals surface area contributed by atoms with Gasteiger partial charge in [0.2, 0.25) is 6.20 Å². The Labute approximate surface area is 116 Å². The monoisotopic (exact) mass is 271 g/mol. The van der Waals surface area contributed by atoms with E-state index < -0.39 is 4.92 Å². The largest absolute Gasteiger partial charge is 0.259 e. The molecule has 0 unspecified atom stereocenters. The summed E-state index contributed by atoms with van der Waals surface area (Å²) in [7, 11) is 0. The van der Waals surface area contributed by atoms with Crippen LogP contribution >= 0.6 is 11.8 Å². The summed E-state index contributed by atoms with van der Waals surface area (Å²) in [5.74, 6) is 0.851. The normalized spacial score (nSPS) is 10.7. The fourth-order valence-corrected chi connectivity index (χ4v) is 2.62. The molecule has 0 radical (unpaired) electrons. The molecule has 4 heteroatoms. The van der Waals surface area contributed by atoms with Crippen LogP contribution in [0, 0.1) is 10.1 Å². The van der Waals surface area contributed by atoms with Crippen LogP contribution in [-0.4, -0.2) is 4.92 Å². The molecule has 0 aromatic heterocycles. The van der Waals surface area contributed by atoms with Crippen molar-refractivity contribution in [2.24, 2.45) is 0 Å². The van der Waals surface area contributed by atoms with Gasteiger partial charge in [0.05, 0.1) is 4.92 Å². The van der Waals surface area contributed by atoms with Gasteiger partial charge in [-0.3, -0.25) is 10.1 Å². The molecule has 0 aliphatic heterocycles. The third-order valence-corrected chi connectivity index (χ3v) is 3.69. The van der Waals surface area contributed by atoms with E-state index in [1.165, 1.54) is 11.6 Å². The van der Waals surface area contributed by atoms with Gasteiger partial charge in [-0.15, -0.1) is 11.8 Å². The molecule has 0 bridgehead atoms. The maximum Gasteiger partial charge on any atom is 0.235 e. The topological polar surface area (TPSA) is 43.1 Å². The number of hydrogen-bond donors (Lipinski definition) is 0. The SMILES string of the molecule is O=[N+]([O-])C=Cc1ccccc1SCc1ccccc1. The molecule has 2 aromatic rings. The van der Waals surface area contributed by atoms with Crippen LogP contribution in [0.3, 0.4) is 0 Å². The highest BCUT2D eigenvalue weighted by atomic mass is 32.2. The molecule has 0 amide bonds. The van der Waals surface area contributed by atoms with Crippen LogP contribution in [-0.2, 0) is 5.75 Å². The Morgan fingerprint density at radius 1 is 1.05 bits per heavy atom. The van der Waals surface area contributed by atoms with E-state index in [0.29, 0.717) is 0 Å². The maximum atomic E-state index is 10.4. The van der Waals surface area contributed by atoms with Crippen molar-refractivity contribution in [2.75, 3.05) is 0 Å². The summed E-state index contributed by atoms with van der Waals surface area (Å²) >= 11 is 1.68. The van der Waals surface area contributed by atoms with Crippen LogP contribution in [0.5, 0.6) is 0 Å². The van der Waals surface area contributed by atoms with E-state index in [0.717, 1.165) is 22.4 Å². The zero-order valence-electron chi connectivity index (χ0n) is 10.2. The molecule has 0 fully saturated rings. The average molecular weight is 271 g/mol. The summed E-state index contributed by atoms with van der Waals surface area (Å²) in [5.41, 5.74) is 2.11. The molecule has 0 aliphatic rings. The standard InChI is InChI=1S/C15H13NO2S/c17-16(18)11-10-14-8-4-5-9-15(14)19-12-13-6-2-1-3-7-13/h1-11H,12H2. The lowest BCUT2D eigenvalue weighted by molar-refractivity contribution is -0.400. The van der Waals surface area contributed by atoms with Crippen molar-refractivity contribution in [1.29, 1.82) is 0 Å². The fraction of sp³-hybridized carbons (Fsp3) is 0.0667. The first-order valence-corrected chi connectivity index (χ1v) is 6.82. The van der Waals surface area contributed by atoms with Crippen molar-refractivity contribution >= 4 is 17.8 Å². The van der Waals surface area contributed by atoms with Crippen molar-refractivity contribution < 1.29 is 4.92 Å². The summed E-state index contributed by atoms with van der Waals surface area (Å²) in [6.07, 6.45) is 2.51.